The summed E-state index contributed by atoms with van der Waals surface area (Å²) in [6.07, 6.45) is 1.93. The fourth-order valence-corrected chi connectivity index (χ4v) is 4.48. The number of nitrogens with zero attached hydrogens (tertiary/aromatic N) is 2. The Morgan fingerprint density at radius 2 is 1.93 bits per heavy atom. The predicted molar refractivity (Wildman–Crippen MR) is 119 cm³/mol. The predicted octanol–water partition coefficient (Wildman–Crippen LogP) is 3.80. The van der Waals surface area contributed by atoms with Gasteiger partial charge in [-0.15, -0.1) is 11.3 Å². The Balaban J connectivity index is 1.73. The van der Waals surface area contributed by atoms with E-state index in [0.29, 0.717) is 26.2 Å². The second-order valence-corrected chi connectivity index (χ2v) is 8.97. The van der Waals surface area contributed by atoms with Crippen LogP contribution in [0.25, 0.3) is 0 Å². The van der Waals surface area contributed by atoms with Gasteiger partial charge in [-0.2, -0.15) is 0 Å². The number of rotatable bonds is 9. The number of aryl methyl sites for hydroxylation is 1. The van der Waals surface area contributed by atoms with E-state index in [9.17, 15) is 9.59 Å². The van der Waals surface area contributed by atoms with Gasteiger partial charge in [0.2, 0.25) is 5.91 Å². The summed E-state index contributed by atoms with van der Waals surface area (Å²) >= 11 is 1.70. The van der Waals surface area contributed by atoms with Crippen molar-refractivity contribution in [3.63, 3.8) is 0 Å². The monoisotopic (exact) mass is 429 g/mol. The molecule has 3 amide bonds. The fourth-order valence-electron chi connectivity index (χ4n) is 3.57. The molecule has 0 spiro atoms. The lowest BCUT2D eigenvalue weighted by molar-refractivity contribution is -0.133. The van der Waals surface area contributed by atoms with Crippen LogP contribution in [0.4, 0.5) is 4.79 Å². The Morgan fingerprint density at radius 1 is 1.13 bits per heavy atom. The molecule has 3 rings (SSSR count). The summed E-state index contributed by atoms with van der Waals surface area (Å²) in [6.45, 7) is 6.73. The topological polar surface area (TPSA) is 61.9 Å². The van der Waals surface area contributed by atoms with Gasteiger partial charge in [0.05, 0.1) is 12.6 Å². The third kappa shape index (κ3) is 6.57. The summed E-state index contributed by atoms with van der Waals surface area (Å²) in [7, 11) is 0. The Morgan fingerprint density at radius 3 is 2.57 bits per heavy atom. The lowest BCUT2D eigenvalue weighted by Gasteiger charge is -2.29. The average Bonchev–Trinajstić information content (AvgIpc) is 3.39. The number of urea groups is 1. The van der Waals surface area contributed by atoms with Crippen molar-refractivity contribution < 1.29 is 14.3 Å². The molecular formula is C23H31N3O3S. The molecule has 1 unspecified atom stereocenters. The van der Waals surface area contributed by atoms with Crippen LogP contribution in [0, 0.1) is 6.92 Å². The molecule has 0 aliphatic carbocycles. The van der Waals surface area contributed by atoms with Crippen LogP contribution in [0.1, 0.15) is 35.1 Å². The number of benzene rings is 1. The van der Waals surface area contributed by atoms with Gasteiger partial charge < -0.3 is 19.9 Å². The van der Waals surface area contributed by atoms with E-state index < -0.39 is 0 Å². The Hall–Kier alpha value is -2.38. The molecule has 1 saturated heterocycles. The van der Waals surface area contributed by atoms with Gasteiger partial charge in [-0.1, -0.05) is 30.3 Å². The van der Waals surface area contributed by atoms with Gasteiger partial charge in [0, 0.05) is 36.0 Å². The SMILES string of the molecule is CCNC(=O)N(CC(=O)N(Cc1ccccc1)Cc1ccc(C)s1)CC1CCCO1. The number of amides is 3. The lowest BCUT2D eigenvalue weighted by Crippen LogP contribution is -2.48. The number of hydrogen-bond acceptors (Lipinski definition) is 4. The normalized spacial score (nSPS) is 15.7. The number of carbonyl (C=O) groups is 2. The van der Waals surface area contributed by atoms with Crippen LogP contribution >= 0.6 is 11.3 Å². The van der Waals surface area contributed by atoms with Crippen LogP contribution in [-0.2, 0) is 22.6 Å². The van der Waals surface area contributed by atoms with Crippen molar-refractivity contribution in [1.29, 1.82) is 0 Å². The highest BCUT2D eigenvalue weighted by Gasteiger charge is 2.26. The van der Waals surface area contributed by atoms with Crippen LogP contribution in [0.15, 0.2) is 42.5 Å². The van der Waals surface area contributed by atoms with E-state index >= 15 is 0 Å². The van der Waals surface area contributed by atoms with Crippen molar-refractivity contribution in [3.05, 3.63) is 57.8 Å². The van der Waals surface area contributed by atoms with E-state index in [0.717, 1.165) is 29.9 Å². The van der Waals surface area contributed by atoms with Gasteiger partial charge in [-0.3, -0.25) is 4.79 Å². The quantitative estimate of drug-likeness (QED) is 0.660. The van der Waals surface area contributed by atoms with Crippen LogP contribution < -0.4 is 5.32 Å². The van der Waals surface area contributed by atoms with Crippen molar-refractivity contribution in [2.24, 2.45) is 0 Å². The van der Waals surface area contributed by atoms with Crippen LogP contribution in [0.3, 0.4) is 0 Å². The van der Waals surface area contributed by atoms with Gasteiger partial charge >= 0.3 is 6.03 Å². The molecule has 1 aliphatic rings. The first kappa shape index (κ1) is 22.3. The summed E-state index contributed by atoms with van der Waals surface area (Å²) in [6, 6.07) is 13.9. The maximum Gasteiger partial charge on any atom is 0.317 e. The van der Waals surface area contributed by atoms with Gasteiger partial charge in [-0.05, 0) is 44.4 Å². The van der Waals surface area contributed by atoms with Crippen LogP contribution in [0.2, 0.25) is 0 Å². The first-order valence-corrected chi connectivity index (χ1v) is 11.4. The fraction of sp³-hybridized carbons (Fsp3) is 0.478. The lowest BCUT2D eigenvalue weighted by atomic mass is 10.2. The minimum atomic E-state index is -0.215. The zero-order chi connectivity index (χ0) is 21.3. The molecule has 0 radical (unpaired) electrons. The summed E-state index contributed by atoms with van der Waals surface area (Å²) in [5.74, 6) is -0.0610. The molecule has 7 heteroatoms. The number of thiophene rings is 1. The summed E-state index contributed by atoms with van der Waals surface area (Å²) in [5, 5.41) is 2.83. The second kappa shape index (κ2) is 11.1. The summed E-state index contributed by atoms with van der Waals surface area (Å²) < 4.78 is 5.70. The Labute approximate surface area is 182 Å². The molecule has 1 atom stereocenters. The van der Waals surface area contributed by atoms with E-state index in [2.05, 4.69) is 24.4 Å². The van der Waals surface area contributed by atoms with Gasteiger partial charge in [-0.25, -0.2) is 4.79 Å². The van der Waals surface area contributed by atoms with Gasteiger partial charge in [0.15, 0.2) is 0 Å². The molecule has 1 N–H and O–H groups in total. The number of ether oxygens (including phenoxy) is 1. The first-order chi connectivity index (χ1) is 14.5. The third-order valence-electron chi connectivity index (χ3n) is 5.10. The zero-order valence-corrected chi connectivity index (χ0v) is 18.6. The molecule has 2 heterocycles. The molecule has 1 aliphatic heterocycles. The zero-order valence-electron chi connectivity index (χ0n) is 17.8. The van der Waals surface area contributed by atoms with E-state index in [1.54, 1.807) is 16.2 Å². The van der Waals surface area contributed by atoms with Crippen molar-refractivity contribution in [2.45, 2.75) is 45.9 Å². The summed E-state index contributed by atoms with van der Waals surface area (Å²) in [5.41, 5.74) is 1.07. The van der Waals surface area contributed by atoms with Crippen molar-refractivity contribution in [1.82, 2.24) is 15.1 Å². The highest BCUT2D eigenvalue weighted by molar-refractivity contribution is 7.11. The molecule has 1 aromatic carbocycles. The van der Waals surface area contributed by atoms with Crippen LogP contribution in [0.5, 0.6) is 0 Å². The first-order valence-electron chi connectivity index (χ1n) is 10.6. The smallest absolute Gasteiger partial charge is 0.317 e. The van der Waals surface area contributed by atoms with E-state index in [4.69, 9.17) is 4.74 Å². The Bertz CT molecular complexity index is 818. The largest absolute Gasteiger partial charge is 0.376 e. The second-order valence-electron chi connectivity index (χ2n) is 7.60. The summed E-state index contributed by atoms with van der Waals surface area (Å²) in [4.78, 5) is 31.7. The van der Waals surface area contributed by atoms with E-state index in [1.165, 1.54) is 4.88 Å². The van der Waals surface area contributed by atoms with E-state index in [-0.39, 0.29) is 24.6 Å². The van der Waals surface area contributed by atoms with Crippen molar-refractivity contribution in [2.75, 3.05) is 26.2 Å². The molecule has 0 saturated carbocycles. The third-order valence-corrected chi connectivity index (χ3v) is 6.09. The minimum Gasteiger partial charge on any atom is -0.376 e. The van der Waals surface area contributed by atoms with E-state index in [1.807, 2.05) is 42.2 Å². The molecule has 162 valence electrons. The van der Waals surface area contributed by atoms with Crippen molar-refractivity contribution in [3.8, 4) is 0 Å². The molecule has 30 heavy (non-hydrogen) atoms. The molecule has 1 aromatic heterocycles. The maximum atomic E-state index is 13.3. The standard InChI is InChI=1S/C23H31N3O3S/c1-3-24-23(28)26(15-20-10-7-13-29-20)17-22(27)25(14-19-8-5-4-6-9-19)16-21-12-11-18(2)30-21/h4-6,8-9,11-12,20H,3,7,10,13-17H2,1-2H3,(H,24,28). The minimum absolute atomic E-state index is 0.00271. The Kier molecular flexibility index (Phi) is 8.28. The number of carbonyl (C=O) groups excluding carboxylic acids is 2. The maximum absolute atomic E-state index is 13.3. The number of nitrogens with one attached hydrogen (secondary N) is 1. The highest BCUT2D eigenvalue weighted by Crippen LogP contribution is 2.19. The molecule has 0 bridgehead atoms. The highest BCUT2D eigenvalue weighted by atomic mass is 32.1. The van der Waals surface area contributed by atoms with Crippen molar-refractivity contribution >= 4 is 23.3 Å². The molecular weight excluding hydrogens is 398 g/mol. The average molecular weight is 430 g/mol. The van der Waals surface area contributed by atoms with Gasteiger partial charge in [0.25, 0.3) is 0 Å². The van der Waals surface area contributed by atoms with Gasteiger partial charge in [0.1, 0.15) is 6.54 Å². The molecule has 2 aromatic rings. The van der Waals surface area contributed by atoms with Crippen LogP contribution in [-0.4, -0.2) is 54.1 Å². The molecule has 6 nitrogen and oxygen atoms in total. The number of hydrogen-bond donors (Lipinski definition) is 1. The molecule has 1 fully saturated rings.